The summed E-state index contributed by atoms with van der Waals surface area (Å²) in [5.41, 5.74) is 9.45. The van der Waals surface area contributed by atoms with Crippen LogP contribution in [0, 0.1) is 5.92 Å². The Morgan fingerprint density at radius 3 is 2.24 bits per heavy atom. The Labute approximate surface area is 163 Å². The summed E-state index contributed by atoms with van der Waals surface area (Å²) in [4.78, 5) is 4.97. The number of rotatable bonds is 5. The zero-order chi connectivity index (χ0) is 15.9. The number of anilines is 1. The first-order chi connectivity index (χ1) is 11.3. The minimum absolute atomic E-state index is 0. The monoisotopic (exact) mass is 378 g/mol. The van der Waals surface area contributed by atoms with Crippen LogP contribution in [0.5, 0.6) is 0 Å². The van der Waals surface area contributed by atoms with Crippen LogP contribution in [0.25, 0.3) is 0 Å². The van der Waals surface area contributed by atoms with Crippen LogP contribution in [0.4, 0.5) is 5.69 Å². The highest BCUT2D eigenvalue weighted by molar-refractivity contribution is 5.85. The number of nitrogens with two attached hydrogens (primary N) is 1. The molecule has 3 rings (SSSR count). The molecule has 2 N–H and O–H groups in total. The van der Waals surface area contributed by atoms with Gasteiger partial charge in [0.2, 0.25) is 0 Å². The number of nitrogens with zero attached hydrogens (tertiary/aromatic N) is 1. The van der Waals surface area contributed by atoms with E-state index >= 15 is 0 Å². The molecule has 2 nitrogen and oxygen atoms in total. The van der Waals surface area contributed by atoms with E-state index in [4.69, 9.17) is 10.7 Å². The van der Waals surface area contributed by atoms with Crippen molar-refractivity contribution >= 4 is 36.7 Å². The van der Waals surface area contributed by atoms with Gasteiger partial charge >= 0.3 is 0 Å². The predicted molar refractivity (Wildman–Crippen MR) is 113 cm³/mol. The Bertz CT molecular complexity index is 637. The van der Waals surface area contributed by atoms with Gasteiger partial charge in [-0.15, -0.1) is 24.8 Å². The zero-order valence-electron chi connectivity index (χ0n) is 14.5. The van der Waals surface area contributed by atoms with Gasteiger partial charge in [-0.3, -0.25) is 4.99 Å². The Balaban J connectivity index is 0.00000156. The standard InChI is InChI=1S/C21H26N2.2ClH/c22-20-14-8-7-13-19(20)15-21(18-11-5-2-6-12-18)23-16-17-9-3-1-4-10-17;;/h2,5-8,11-14,16-17,21H,1,3-4,9-10,15,22H2;2*1H/b23-16+;;. The SMILES string of the molecule is Cl.Cl.Nc1ccccc1CC(/N=C/C1CCCCC1)c1ccccc1. The van der Waals surface area contributed by atoms with Crippen molar-refractivity contribution in [3.63, 3.8) is 0 Å². The van der Waals surface area contributed by atoms with E-state index < -0.39 is 0 Å². The van der Waals surface area contributed by atoms with Gasteiger partial charge in [0.15, 0.2) is 0 Å². The van der Waals surface area contributed by atoms with Crippen LogP contribution in [0.3, 0.4) is 0 Å². The maximum Gasteiger partial charge on any atom is 0.0786 e. The van der Waals surface area contributed by atoms with Crippen LogP contribution in [-0.2, 0) is 6.42 Å². The molecule has 4 heteroatoms. The minimum Gasteiger partial charge on any atom is -0.399 e. The van der Waals surface area contributed by atoms with E-state index in [0.29, 0.717) is 5.92 Å². The Morgan fingerprint density at radius 2 is 1.56 bits per heavy atom. The molecule has 2 aromatic carbocycles. The van der Waals surface area contributed by atoms with Gasteiger partial charge in [0.25, 0.3) is 0 Å². The average Bonchev–Trinajstić information content (AvgIpc) is 2.62. The molecule has 0 saturated heterocycles. The fraction of sp³-hybridized carbons (Fsp3) is 0.381. The summed E-state index contributed by atoms with van der Waals surface area (Å²) in [5, 5.41) is 0. The molecule has 0 bridgehead atoms. The number of halogens is 2. The van der Waals surface area contributed by atoms with E-state index in [1.165, 1.54) is 43.2 Å². The first-order valence-electron chi connectivity index (χ1n) is 8.74. The molecular formula is C21H28Cl2N2. The first-order valence-corrected chi connectivity index (χ1v) is 8.74. The van der Waals surface area contributed by atoms with Crippen LogP contribution < -0.4 is 5.73 Å². The van der Waals surface area contributed by atoms with Gasteiger partial charge in [-0.05, 0) is 36.0 Å². The molecule has 1 unspecified atom stereocenters. The third-order valence-electron chi connectivity index (χ3n) is 4.78. The normalized spacial score (nSPS) is 16.0. The van der Waals surface area contributed by atoms with E-state index in [2.05, 4.69) is 48.7 Å². The minimum atomic E-state index is 0. The Hall–Kier alpha value is -1.51. The second-order valence-electron chi connectivity index (χ2n) is 6.53. The van der Waals surface area contributed by atoms with Crippen molar-refractivity contribution in [1.29, 1.82) is 0 Å². The van der Waals surface area contributed by atoms with Gasteiger partial charge in [0.1, 0.15) is 0 Å². The van der Waals surface area contributed by atoms with Crippen LogP contribution in [0.1, 0.15) is 49.3 Å². The largest absolute Gasteiger partial charge is 0.399 e. The summed E-state index contributed by atoms with van der Waals surface area (Å²) in [6.45, 7) is 0. The maximum absolute atomic E-state index is 6.13. The van der Waals surface area contributed by atoms with Gasteiger partial charge in [-0.25, -0.2) is 0 Å². The van der Waals surface area contributed by atoms with Crippen molar-refractivity contribution in [2.24, 2.45) is 10.9 Å². The van der Waals surface area contributed by atoms with Gasteiger partial charge in [0.05, 0.1) is 6.04 Å². The summed E-state index contributed by atoms with van der Waals surface area (Å²) < 4.78 is 0. The van der Waals surface area contributed by atoms with Crippen molar-refractivity contribution < 1.29 is 0 Å². The molecule has 0 amide bonds. The molecule has 1 fully saturated rings. The fourth-order valence-corrected chi connectivity index (χ4v) is 3.37. The third-order valence-corrected chi connectivity index (χ3v) is 4.78. The van der Waals surface area contributed by atoms with Crippen molar-refractivity contribution in [3.05, 3.63) is 65.7 Å². The van der Waals surface area contributed by atoms with E-state index in [-0.39, 0.29) is 30.9 Å². The third kappa shape index (κ3) is 6.37. The van der Waals surface area contributed by atoms with Crippen molar-refractivity contribution in [2.75, 3.05) is 5.73 Å². The van der Waals surface area contributed by atoms with Crippen molar-refractivity contribution in [3.8, 4) is 0 Å². The van der Waals surface area contributed by atoms with Gasteiger partial charge < -0.3 is 5.73 Å². The maximum atomic E-state index is 6.13. The number of aliphatic imine (C=N–C) groups is 1. The zero-order valence-corrected chi connectivity index (χ0v) is 16.1. The molecule has 1 saturated carbocycles. The average molecular weight is 379 g/mol. The lowest BCUT2D eigenvalue weighted by atomic mass is 9.90. The number of hydrogen-bond acceptors (Lipinski definition) is 2. The second-order valence-corrected chi connectivity index (χ2v) is 6.53. The topological polar surface area (TPSA) is 38.4 Å². The van der Waals surface area contributed by atoms with Crippen molar-refractivity contribution in [2.45, 2.75) is 44.6 Å². The lowest BCUT2D eigenvalue weighted by Gasteiger charge is -2.19. The van der Waals surface area contributed by atoms with E-state index in [1.54, 1.807) is 0 Å². The highest BCUT2D eigenvalue weighted by Gasteiger charge is 2.15. The van der Waals surface area contributed by atoms with Crippen LogP contribution in [0.15, 0.2) is 59.6 Å². The summed E-state index contributed by atoms with van der Waals surface area (Å²) in [6, 6.07) is 18.9. The molecule has 1 aliphatic rings. The molecule has 1 atom stereocenters. The van der Waals surface area contributed by atoms with Gasteiger partial charge in [0, 0.05) is 18.3 Å². The van der Waals surface area contributed by atoms with Gasteiger partial charge in [-0.2, -0.15) is 0 Å². The highest BCUT2D eigenvalue weighted by atomic mass is 35.5. The molecule has 136 valence electrons. The molecule has 0 radical (unpaired) electrons. The quantitative estimate of drug-likeness (QED) is 0.499. The second kappa shape index (κ2) is 11.2. The van der Waals surface area contributed by atoms with Crippen LogP contribution in [-0.4, -0.2) is 6.21 Å². The first kappa shape index (κ1) is 21.5. The Morgan fingerprint density at radius 1 is 0.920 bits per heavy atom. The van der Waals surface area contributed by atoms with Crippen LogP contribution >= 0.6 is 24.8 Å². The molecule has 0 heterocycles. The molecule has 1 aliphatic carbocycles. The highest BCUT2D eigenvalue weighted by Crippen LogP contribution is 2.27. The molecule has 0 aromatic heterocycles. The number of nitrogen functional groups attached to an aromatic ring is 1. The lowest BCUT2D eigenvalue weighted by molar-refractivity contribution is 0.443. The van der Waals surface area contributed by atoms with E-state index in [9.17, 15) is 0 Å². The molecule has 0 aliphatic heterocycles. The summed E-state index contributed by atoms with van der Waals surface area (Å²) >= 11 is 0. The predicted octanol–water partition coefficient (Wildman–Crippen LogP) is 6.05. The molecule has 25 heavy (non-hydrogen) atoms. The van der Waals surface area contributed by atoms with Crippen molar-refractivity contribution in [1.82, 2.24) is 0 Å². The number of hydrogen-bond donors (Lipinski definition) is 1. The van der Waals surface area contributed by atoms with Gasteiger partial charge in [-0.1, -0.05) is 67.8 Å². The summed E-state index contributed by atoms with van der Waals surface area (Å²) in [5.74, 6) is 0.656. The molecule has 0 spiro atoms. The fourth-order valence-electron chi connectivity index (χ4n) is 3.37. The van der Waals surface area contributed by atoms with E-state index in [1.807, 2.05) is 12.1 Å². The molecule has 2 aromatic rings. The lowest BCUT2D eigenvalue weighted by Crippen LogP contribution is -2.09. The molecular weight excluding hydrogens is 351 g/mol. The summed E-state index contributed by atoms with van der Waals surface area (Å²) in [6.07, 6.45) is 9.73. The number of benzene rings is 2. The summed E-state index contributed by atoms with van der Waals surface area (Å²) in [7, 11) is 0. The smallest absolute Gasteiger partial charge is 0.0786 e. The van der Waals surface area contributed by atoms with E-state index in [0.717, 1.165) is 12.1 Å². The van der Waals surface area contributed by atoms with Crippen LogP contribution in [0.2, 0.25) is 0 Å². The number of para-hydroxylation sites is 1. The Kier molecular flexibility index (Phi) is 9.62.